The zero-order chi connectivity index (χ0) is 20.3. The van der Waals surface area contributed by atoms with Gasteiger partial charge in [0.2, 0.25) is 5.91 Å². The molecule has 0 saturated carbocycles. The number of piperazine rings is 1. The molecule has 1 aliphatic heterocycles. The molecule has 0 bridgehead atoms. The van der Waals surface area contributed by atoms with Crippen LogP contribution in [-0.4, -0.2) is 69.6 Å². The molecule has 152 valence electrons. The van der Waals surface area contributed by atoms with Crippen molar-refractivity contribution >= 4 is 17.6 Å². The second-order valence-electron chi connectivity index (χ2n) is 7.48. The van der Waals surface area contributed by atoms with E-state index >= 15 is 0 Å². The lowest BCUT2D eigenvalue weighted by Gasteiger charge is -2.35. The fraction of sp³-hybridized carbons (Fsp3) is 0.579. The van der Waals surface area contributed by atoms with E-state index in [-0.39, 0.29) is 5.91 Å². The SMILES string of the molecule is CN=C(NCC(C)Cn1nc(C)cc1C)N1CCN(c2cnn(C)c2)C(=O)C1. The number of hydrogen-bond acceptors (Lipinski definition) is 4. The van der Waals surface area contributed by atoms with Gasteiger partial charge in [-0.05, 0) is 25.8 Å². The van der Waals surface area contributed by atoms with E-state index in [4.69, 9.17) is 0 Å². The minimum absolute atomic E-state index is 0.0536. The lowest BCUT2D eigenvalue weighted by molar-refractivity contribution is -0.120. The summed E-state index contributed by atoms with van der Waals surface area (Å²) in [7, 11) is 3.61. The molecule has 1 aliphatic rings. The first kappa shape index (κ1) is 19.9. The van der Waals surface area contributed by atoms with Gasteiger partial charge in [0.05, 0.1) is 17.6 Å². The topological polar surface area (TPSA) is 83.6 Å². The Balaban J connectivity index is 1.53. The molecule has 1 unspecified atom stereocenters. The molecule has 28 heavy (non-hydrogen) atoms. The van der Waals surface area contributed by atoms with Gasteiger partial charge in [0.25, 0.3) is 0 Å². The number of carbonyl (C=O) groups is 1. The minimum Gasteiger partial charge on any atom is -0.356 e. The molecule has 1 fully saturated rings. The lowest BCUT2D eigenvalue weighted by Crippen LogP contribution is -2.55. The third-order valence-electron chi connectivity index (χ3n) is 4.93. The number of hydrogen-bond donors (Lipinski definition) is 1. The average molecular weight is 387 g/mol. The summed E-state index contributed by atoms with van der Waals surface area (Å²) in [6.45, 7) is 9.53. The smallest absolute Gasteiger partial charge is 0.246 e. The van der Waals surface area contributed by atoms with Crippen molar-refractivity contribution in [1.82, 2.24) is 29.8 Å². The van der Waals surface area contributed by atoms with E-state index in [1.807, 2.05) is 29.7 Å². The Morgan fingerprint density at radius 1 is 1.36 bits per heavy atom. The highest BCUT2D eigenvalue weighted by molar-refractivity contribution is 5.98. The average Bonchev–Trinajstić information content (AvgIpc) is 3.20. The highest BCUT2D eigenvalue weighted by Gasteiger charge is 2.27. The number of anilines is 1. The lowest BCUT2D eigenvalue weighted by atomic mass is 10.2. The summed E-state index contributed by atoms with van der Waals surface area (Å²) in [5, 5.41) is 12.1. The number of guanidine groups is 1. The quantitative estimate of drug-likeness (QED) is 0.607. The summed E-state index contributed by atoms with van der Waals surface area (Å²) in [4.78, 5) is 20.8. The van der Waals surface area contributed by atoms with Gasteiger partial charge in [0, 0.05) is 52.2 Å². The Hall–Kier alpha value is -2.84. The van der Waals surface area contributed by atoms with Gasteiger partial charge in [-0.25, -0.2) is 0 Å². The zero-order valence-corrected chi connectivity index (χ0v) is 17.4. The Labute approximate surface area is 166 Å². The van der Waals surface area contributed by atoms with E-state index in [0.29, 0.717) is 19.0 Å². The highest BCUT2D eigenvalue weighted by atomic mass is 16.2. The van der Waals surface area contributed by atoms with Crippen LogP contribution in [0.15, 0.2) is 23.5 Å². The van der Waals surface area contributed by atoms with E-state index in [2.05, 4.69) is 40.4 Å². The van der Waals surface area contributed by atoms with Crippen molar-refractivity contribution in [2.24, 2.45) is 18.0 Å². The van der Waals surface area contributed by atoms with Gasteiger partial charge in [0.1, 0.15) is 6.54 Å². The van der Waals surface area contributed by atoms with Crippen molar-refractivity contribution in [3.63, 3.8) is 0 Å². The predicted molar refractivity (Wildman–Crippen MR) is 109 cm³/mol. The van der Waals surface area contributed by atoms with Crippen LogP contribution in [0, 0.1) is 19.8 Å². The first-order valence-electron chi connectivity index (χ1n) is 9.63. The van der Waals surface area contributed by atoms with E-state index in [1.165, 1.54) is 5.69 Å². The van der Waals surface area contributed by atoms with Gasteiger partial charge in [-0.2, -0.15) is 10.2 Å². The number of aromatic nitrogens is 4. The van der Waals surface area contributed by atoms with Gasteiger partial charge < -0.3 is 15.1 Å². The van der Waals surface area contributed by atoms with Crippen LogP contribution in [-0.2, 0) is 18.4 Å². The summed E-state index contributed by atoms with van der Waals surface area (Å²) in [6, 6.07) is 2.09. The largest absolute Gasteiger partial charge is 0.356 e. The normalized spacial score (nSPS) is 16.6. The molecule has 0 spiro atoms. The molecule has 2 aromatic heterocycles. The van der Waals surface area contributed by atoms with E-state index in [9.17, 15) is 4.79 Å². The molecule has 2 aromatic rings. The molecule has 1 N–H and O–H groups in total. The van der Waals surface area contributed by atoms with Gasteiger partial charge in [-0.1, -0.05) is 6.92 Å². The third-order valence-corrected chi connectivity index (χ3v) is 4.93. The maximum Gasteiger partial charge on any atom is 0.246 e. The van der Waals surface area contributed by atoms with Gasteiger partial charge in [-0.15, -0.1) is 0 Å². The maximum atomic E-state index is 12.6. The molecule has 9 nitrogen and oxygen atoms in total. The van der Waals surface area contributed by atoms with Crippen molar-refractivity contribution < 1.29 is 4.79 Å². The molecule has 3 heterocycles. The second kappa shape index (κ2) is 8.45. The Morgan fingerprint density at radius 2 is 2.14 bits per heavy atom. The number of nitrogens with one attached hydrogen (secondary N) is 1. The van der Waals surface area contributed by atoms with Gasteiger partial charge in [-0.3, -0.25) is 19.2 Å². The van der Waals surface area contributed by atoms with Crippen molar-refractivity contribution in [3.05, 3.63) is 29.8 Å². The minimum atomic E-state index is 0.0536. The Bertz CT molecular complexity index is 852. The molecule has 0 aromatic carbocycles. The van der Waals surface area contributed by atoms with Crippen LogP contribution in [0.1, 0.15) is 18.3 Å². The molecule has 1 saturated heterocycles. The van der Waals surface area contributed by atoms with Crippen molar-refractivity contribution in [2.75, 3.05) is 38.1 Å². The summed E-state index contributed by atoms with van der Waals surface area (Å²) in [5.74, 6) is 1.19. The number of amides is 1. The van der Waals surface area contributed by atoms with Crippen molar-refractivity contribution in [1.29, 1.82) is 0 Å². The molecular formula is C19H30N8O. The van der Waals surface area contributed by atoms with Crippen molar-refractivity contribution in [3.8, 4) is 0 Å². The van der Waals surface area contributed by atoms with Gasteiger partial charge >= 0.3 is 0 Å². The van der Waals surface area contributed by atoms with Crippen LogP contribution in [0.4, 0.5) is 5.69 Å². The number of nitrogens with zero attached hydrogens (tertiary/aromatic N) is 7. The first-order chi connectivity index (χ1) is 13.4. The third kappa shape index (κ3) is 4.52. The summed E-state index contributed by atoms with van der Waals surface area (Å²) < 4.78 is 3.75. The fourth-order valence-corrected chi connectivity index (χ4v) is 3.49. The molecule has 0 aliphatic carbocycles. The number of rotatable bonds is 5. The second-order valence-corrected chi connectivity index (χ2v) is 7.48. The standard InChI is InChI=1S/C19H30N8O/c1-14(11-27-16(3)8-15(2)23-27)9-21-19(20-4)25-6-7-26(18(28)13-25)17-10-22-24(5)12-17/h8,10,12,14H,6-7,9,11,13H2,1-5H3,(H,20,21). The van der Waals surface area contributed by atoms with Crippen LogP contribution in [0.2, 0.25) is 0 Å². The van der Waals surface area contributed by atoms with Crippen molar-refractivity contribution in [2.45, 2.75) is 27.3 Å². The summed E-state index contributed by atoms with van der Waals surface area (Å²) in [5.41, 5.74) is 3.05. The predicted octanol–water partition coefficient (Wildman–Crippen LogP) is 0.794. The zero-order valence-electron chi connectivity index (χ0n) is 17.4. The van der Waals surface area contributed by atoms with E-state index in [1.54, 1.807) is 22.8 Å². The van der Waals surface area contributed by atoms with Gasteiger partial charge in [0.15, 0.2) is 5.96 Å². The molecule has 9 heteroatoms. The van der Waals surface area contributed by atoms with Crippen LogP contribution in [0.3, 0.4) is 0 Å². The Morgan fingerprint density at radius 3 is 2.71 bits per heavy atom. The van der Waals surface area contributed by atoms with Crippen LogP contribution in [0.25, 0.3) is 0 Å². The van der Waals surface area contributed by atoms with E-state index in [0.717, 1.165) is 37.0 Å². The fourth-order valence-electron chi connectivity index (χ4n) is 3.49. The number of aryl methyl sites for hydroxylation is 3. The number of aliphatic imine (C=N–C) groups is 1. The highest BCUT2D eigenvalue weighted by Crippen LogP contribution is 2.16. The number of carbonyl (C=O) groups excluding carboxylic acids is 1. The Kier molecular flexibility index (Phi) is 6.01. The summed E-state index contributed by atoms with van der Waals surface area (Å²) in [6.07, 6.45) is 3.59. The molecular weight excluding hydrogens is 356 g/mol. The molecule has 1 atom stereocenters. The monoisotopic (exact) mass is 386 g/mol. The molecule has 3 rings (SSSR count). The van der Waals surface area contributed by atoms with Crippen LogP contribution in [0.5, 0.6) is 0 Å². The maximum absolute atomic E-state index is 12.6. The van der Waals surface area contributed by atoms with Crippen LogP contribution >= 0.6 is 0 Å². The molecule has 1 amide bonds. The first-order valence-corrected chi connectivity index (χ1v) is 9.63. The molecule has 0 radical (unpaired) electrons. The van der Waals surface area contributed by atoms with E-state index < -0.39 is 0 Å². The summed E-state index contributed by atoms with van der Waals surface area (Å²) >= 11 is 0. The van der Waals surface area contributed by atoms with Crippen LogP contribution < -0.4 is 10.2 Å².